The number of halogens is 2. The Morgan fingerprint density at radius 3 is 2.75 bits per heavy atom. The van der Waals surface area contributed by atoms with Gasteiger partial charge in [-0.15, -0.1) is 12.4 Å². The fourth-order valence-corrected chi connectivity index (χ4v) is 3.17. The third-order valence-electron chi connectivity index (χ3n) is 4.47. The van der Waals surface area contributed by atoms with E-state index in [2.05, 4.69) is 38.6 Å². The van der Waals surface area contributed by atoms with Gasteiger partial charge in [0.2, 0.25) is 0 Å². The van der Waals surface area contributed by atoms with E-state index in [1.54, 1.807) is 10.9 Å². The van der Waals surface area contributed by atoms with Crippen LogP contribution in [0.5, 0.6) is 0 Å². The molecule has 24 heavy (non-hydrogen) atoms. The van der Waals surface area contributed by atoms with Crippen molar-refractivity contribution < 1.29 is 4.79 Å². The van der Waals surface area contributed by atoms with E-state index in [1.165, 1.54) is 0 Å². The molecule has 0 saturated carbocycles. The van der Waals surface area contributed by atoms with Crippen LogP contribution in [-0.2, 0) is 0 Å². The van der Waals surface area contributed by atoms with Gasteiger partial charge in [0.05, 0.1) is 23.1 Å². The van der Waals surface area contributed by atoms with Crippen LogP contribution >= 0.6 is 28.3 Å². The molecule has 1 aliphatic heterocycles. The summed E-state index contributed by atoms with van der Waals surface area (Å²) in [5.41, 5.74) is 2.42. The lowest BCUT2D eigenvalue weighted by molar-refractivity contribution is 0.0914. The summed E-state index contributed by atoms with van der Waals surface area (Å²) >= 11 is 3.43. The molecule has 0 bridgehead atoms. The maximum Gasteiger partial charge on any atom is 0.255 e. The number of benzene rings is 1. The molecule has 1 aliphatic rings. The van der Waals surface area contributed by atoms with E-state index < -0.39 is 0 Å². The standard InChI is InChI=1S/C17H21BrN4O.ClH/c1-11-7-8-19-10-16(11)21-17(23)15-9-20-22(12(15)2)14-5-3-13(18)4-6-14;/h3-6,9,11,16,19H,7-8,10H2,1-2H3,(H,21,23);1H. The van der Waals surface area contributed by atoms with Crippen LogP contribution in [-0.4, -0.2) is 34.8 Å². The van der Waals surface area contributed by atoms with Crippen molar-refractivity contribution in [3.8, 4) is 5.69 Å². The van der Waals surface area contributed by atoms with Gasteiger partial charge in [0.25, 0.3) is 5.91 Å². The summed E-state index contributed by atoms with van der Waals surface area (Å²) in [5, 5.41) is 10.8. The lowest BCUT2D eigenvalue weighted by atomic mass is 9.94. The molecule has 1 aromatic carbocycles. The third-order valence-corrected chi connectivity index (χ3v) is 5.00. The third kappa shape index (κ3) is 3.99. The summed E-state index contributed by atoms with van der Waals surface area (Å²) in [4.78, 5) is 12.6. The van der Waals surface area contributed by atoms with Crippen LogP contribution in [0.1, 0.15) is 29.4 Å². The molecule has 1 fully saturated rings. The second-order valence-corrected chi connectivity index (χ2v) is 7.00. The highest BCUT2D eigenvalue weighted by Crippen LogP contribution is 2.18. The number of hydrogen-bond donors (Lipinski definition) is 2. The molecule has 0 aliphatic carbocycles. The zero-order valence-corrected chi connectivity index (χ0v) is 16.2. The number of piperidine rings is 1. The molecular formula is C17H22BrClN4O. The molecule has 2 unspecified atom stereocenters. The van der Waals surface area contributed by atoms with Crippen LogP contribution in [0.3, 0.4) is 0 Å². The average Bonchev–Trinajstić information content (AvgIpc) is 2.92. The van der Waals surface area contributed by atoms with Crippen LogP contribution in [0.25, 0.3) is 5.69 Å². The summed E-state index contributed by atoms with van der Waals surface area (Å²) in [5.74, 6) is 0.438. The molecule has 2 heterocycles. The van der Waals surface area contributed by atoms with E-state index in [1.807, 2.05) is 31.2 Å². The first-order valence-electron chi connectivity index (χ1n) is 7.88. The molecule has 1 saturated heterocycles. The fourth-order valence-electron chi connectivity index (χ4n) is 2.90. The average molecular weight is 414 g/mol. The first kappa shape index (κ1) is 19.0. The van der Waals surface area contributed by atoms with E-state index in [0.29, 0.717) is 11.5 Å². The van der Waals surface area contributed by atoms with Crippen LogP contribution in [0.2, 0.25) is 0 Å². The van der Waals surface area contributed by atoms with Gasteiger partial charge in [-0.2, -0.15) is 5.10 Å². The van der Waals surface area contributed by atoms with Crippen LogP contribution in [0, 0.1) is 12.8 Å². The second kappa shape index (κ2) is 8.14. The molecule has 3 rings (SSSR count). The van der Waals surface area contributed by atoms with Gasteiger partial charge >= 0.3 is 0 Å². The van der Waals surface area contributed by atoms with Crippen LogP contribution < -0.4 is 10.6 Å². The maximum absolute atomic E-state index is 12.6. The van der Waals surface area contributed by atoms with Crippen molar-refractivity contribution >= 4 is 34.2 Å². The number of carbonyl (C=O) groups is 1. The van der Waals surface area contributed by atoms with Gasteiger partial charge in [0.15, 0.2) is 0 Å². The summed E-state index contributed by atoms with van der Waals surface area (Å²) in [6, 6.07) is 8.04. The Morgan fingerprint density at radius 2 is 2.08 bits per heavy atom. The predicted octanol–water partition coefficient (Wildman–Crippen LogP) is 3.09. The molecule has 1 aromatic heterocycles. The van der Waals surface area contributed by atoms with Gasteiger partial charge in [0.1, 0.15) is 0 Å². The molecule has 1 amide bonds. The van der Waals surface area contributed by atoms with Gasteiger partial charge in [0, 0.05) is 17.1 Å². The summed E-state index contributed by atoms with van der Waals surface area (Å²) < 4.78 is 2.81. The smallest absolute Gasteiger partial charge is 0.255 e. The lowest BCUT2D eigenvalue weighted by Gasteiger charge is -2.30. The van der Waals surface area contributed by atoms with Gasteiger partial charge < -0.3 is 10.6 Å². The minimum atomic E-state index is -0.0496. The van der Waals surface area contributed by atoms with E-state index in [0.717, 1.165) is 35.4 Å². The second-order valence-electron chi connectivity index (χ2n) is 6.08. The Hall–Kier alpha value is -1.37. The monoisotopic (exact) mass is 412 g/mol. The number of nitrogens with one attached hydrogen (secondary N) is 2. The zero-order chi connectivity index (χ0) is 16.4. The molecule has 7 heteroatoms. The zero-order valence-electron chi connectivity index (χ0n) is 13.8. The Balaban J connectivity index is 0.00000208. The largest absolute Gasteiger partial charge is 0.348 e. The van der Waals surface area contributed by atoms with Crippen LogP contribution in [0.4, 0.5) is 0 Å². The Morgan fingerprint density at radius 1 is 1.38 bits per heavy atom. The van der Waals surface area contributed by atoms with Crippen molar-refractivity contribution in [3.05, 3.63) is 46.2 Å². The quantitative estimate of drug-likeness (QED) is 0.813. The molecular weight excluding hydrogens is 392 g/mol. The molecule has 0 spiro atoms. The number of nitrogens with zero attached hydrogens (tertiary/aromatic N) is 2. The van der Waals surface area contributed by atoms with Gasteiger partial charge in [-0.05, 0) is 50.1 Å². The summed E-state index contributed by atoms with van der Waals surface area (Å²) in [7, 11) is 0. The van der Waals surface area contributed by atoms with Crippen molar-refractivity contribution in [2.75, 3.05) is 13.1 Å². The van der Waals surface area contributed by atoms with Crippen molar-refractivity contribution in [2.45, 2.75) is 26.3 Å². The SMILES string of the molecule is Cc1c(C(=O)NC2CNCCC2C)cnn1-c1ccc(Br)cc1.Cl. The number of hydrogen-bond acceptors (Lipinski definition) is 3. The molecule has 130 valence electrons. The first-order valence-corrected chi connectivity index (χ1v) is 8.67. The van der Waals surface area contributed by atoms with Crippen molar-refractivity contribution in [2.24, 2.45) is 5.92 Å². The number of amides is 1. The van der Waals surface area contributed by atoms with E-state index in [-0.39, 0.29) is 24.4 Å². The van der Waals surface area contributed by atoms with Gasteiger partial charge in [-0.1, -0.05) is 22.9 Å². The summed E-state index contributed by atoms with van der Waals surface area (Å²) in [6.07, 6.45) is 2.73. The van der Waals surface area contributed by atoms with E-state index in [9.17, 15) is 4.79 Å². The van der Waals surface area contributed by atoms with Crippen molar-refractivity contribution in [1.29, 1.82) is 0 Å². The highest BCUT2D eigenvalue weighted by atomic mass is 79.9. The first-order chi connectivity index (χ1) is 11.1. The molecule has 5 nitrogen and oxygen atoms in total. The number of carbonyl (C=O) groups excluding carboxylic acids is 1. The molecule has 0 radical (unpaired) electrons. The van der Waals surface area contributed by atoms with Crippen molar-refractivity contribution in [3.63, 3.8) is 0 Å². The molecule has 2 atom stereocenters. The fraction of sp³-hybridized carbons (Fsp3) is 0.412. The van der Waals surface area contributed by atoms with Gasteiger partial charge in [-0.25, -0.2) is 4.68 Å². The lowest BCUT2D eigenvalue weighted by Crippen LogP contribution is -2.50. The summed E-state index contributed by atoms with van der Waals surface area (Å²) in [6.45, 7) is 5.96. The highest BCUT2D eigenvalue weighted by molar-refractivity contribution is 9.10. The molecule has 2 N–H and O–H groups in total. The van der Waals surface area contributed by atoms with E-state index >= 15 is 0 Å². The minimum Gasteiger partial charge on any atom is -0.348 e. The van der Waals surface area contributed by atoms with E-state index in [4.69, 9.17) is 0 Å². The number of rotatable bonds is 3. The Kier molecular flexibility index (Phi) is 6.43. The predicted molar refractivity (Wildman–Crippen MR) is 101 cm³/mol. The minimum absolute atomic E-state index is 0. The topological polar surface area (TPSA) is 59.0 Å². The highest BCUT2D eigenvalue weighted by Gasteiger charge is 2.24. The van der Waals surface area contributed by atoms with Gasteiger partial charge in [-0.3, -0.25) is 4.79 Å². The van der Waals surface area contributed by atoms with Crippen LogP contribution in [0.15, 0.2) is 34.9 Å². The van der Waals surface area contributed by atoms with Crippen molar-refractivity contribution in [1.82, 2.24) is 20.4 Å². The number of aromatic nitrogens is 2. The Bertz CT molecular complexity index is 701. The normalized spacial score (nSPS) is 20.3. The Labute approximate surface area is 156 Å². The maximum atomic E-state index is 12.6. The molecule has 2 aromatic rings.